The zero-order chi connectivity index (χ0) is 18.2. The number of nitrogens with one attached hydrogen (secondary N) is 2. The third-order valence-electron chi connectivity index (χ3n) is 3.98. The number of halogens is 1. The molecule has 8 heteroatoms. The fourth-order valence-corrected chi connectivity index (χ4v) is 2.28. The molecule has 0 bridgehead atoms. The first-order chi connectivity index (χ1) is 11.2. The van der Waals surface area contributed by atoms with E-state index in [9.17, 15) is 4.79 Å². The van der Waals surface area contributed by atoms with Crippen LogP contribution in [0.15, 0.2) is 17.1 Å². The summed E-state index contributed by atoms with van der Waals surface area (Å²) in [7, 11) is 3.46. The van der Waals surface area contributed by atoms with Crippen LogP contribution in [-0.4, -0.2) is 87.2 Å². The summed E-state index contributed by atoms with van der Waals surface area (Å²) in [5.74, 6) is 0.605. The number of rotatable bonds is 7. The number of amides is 1. The molecule has 25 heavy (non-hydrogen) atoms. The molecule has 1 rings (SSSR count). The first-order valence-corrected chi connectivity index (χ1v) is 8.42. The summed E-state index contributed by atoms with van der Waals surface area (Å²) in [6.07, 6.45) is 0. The monoisotopic (exact) mass is 467 g/mol. The molecule has 7 nitrogen and oxygen atoms in total. The van der Waals surface area contributed by atoms with Gasteiger partial charge in [0.15, 0.2) is 5.96 Å². The van der Waals surface area contributed by atoms with Crippen molar-refractivity contribution in [2.24, 2.45) is 4.99 Å². The molecule has 2 N–H and O–H groups in total. The van der Waals surface area contributed by atoms with Crippen molar-refractivity contribution >= 4 is 35.8 Å². The number of guanidine groups is 1. The van der Waals surface area contributed by atoms with E-state index in [-0.39, 0.29) is 42.0 Å². The highest BCUT2D eigenvalue weighted by Crippen LogP contribution is 2.14. The van der Waals surface area contributed by atoms with E-state index >= 15 is 0 Å². The SMILES string of the molecule is C=C(C)CNC(=NCC(=O)N(C)C)NCC(C)(C)N1CCOCC1.I. The maximum atomic E-state index is 11.8. The molecule has 0 atom stereocenters. The molecular formula is C17H34IN5O2. The van der Waals surface area contributed by atoms with Crippen molar-refractivity contribution < 1.29 is 9.53 Å². The van der Waals surface area contributed by atoms with Crippen LogP contribution in [0.5, 0.6) is 0 Å². The Labute approximate surface area is 169 Å². The average Bonchev–Trinajstić information content (AvgIpc) is 2.54. The van der Waals surface area contributed by atoms with E-state index in [0.717, 1.165) is 38.4 Å². The highest BCUT2D eigenvalue weighted by molar-refractivity contribution is 14.0. The molecular weight excluding hydrogens is 433 g/mol. The van der Waals surface area contributed by atoms with Crippen LogP contribution in [0.4, 0.5) is 0 Å². The van der Waals surface area contributed by atoms with Gasteiger partial charge in [-0.2, -0.15) is 0 Å². The first-order valence-electron chi connectivity index (χ1n) is 8.42. The number of carbonyl (C=O) groups excluding carboxylic acids is 1. The number of aliphatic imine (C=N–C) groups is 1. The van der Waals surface area contributed by atoms with Gasteiger partial charge < -0.3 is 20.3 Å². The quantitative estimate of drug-likeness (QED) is 0.252. The van der Waals surface area contributed by atoms with Gasteiger partial charge in [0, 0.05) is 45.8 Å². The molecule has 1 saturated heterocycles. The second kappa shape index (κ2) is 11.7. The Balaban J connectivity index is 0.00000576. The van der Waals surface area contributed by atoms with E-state index in [0.29, 0.717) is 12.5 Å². The zero-order valence-corrected chi connectivity index (χ0v) is 18.6. The molecule has 1 heterocycles. The van der Waals surface area contributed by atoms with Gasteiger partial charge in [-0.05, 0) is 20.8 Å². The van der Waals surface area contributed by atoms with E-state index in [1.54, 1.807) is 14.1 Å². The standard InChI is InChI=1S/C17H33N5O2.HI/c1-14(2)11-18-16(19-12-15(23)21(5)6)20-13-17(3,4)22-7-9-24-10-8-22;/h1,7-13H2,2-6H3,(H2,18,19,20);1H. The minimum absolute atomic E-state index is 0. The highest BCUT2D eigenvalue weighted by atomic mass is 127. The molecule has 0 saturated carbocycles. The Kier molecular flexibility index (Phi) is 11.3. The van der Waals surface area contributed by atoms with Crippen LogP contribution in [0, 0.1) is 0 Å². The van der Waals surface area contributed by atoms with Crippen molar-refractivity contribution in [2.45, 2.75) is 26.3 Å². The predicted octanol–water partition coefficient (Wildman–Crippen LogP) is 0.915. The Morgan fingerprint density at radius 2 is 1.88 bits per heavy atom. The van der Waals surface area contributed by atoms with Crippen LogP contribution in [0.3, 0.4) is 0 Å². The molecule has 146 valence electrons. The van der Waals surface area contributed by atoms with E-state index in [1.807, 2.05) is 6.92 Å². The Bertz CT molecular complexity index is 460. The lowest BCUT2D eigenvalue weighted by atomic mass is 10.0. The molecule has 0 spiro atoms. The first kappa shape index (κ1) is 24.1. The van der Waals surface area contributed by atoms with Crippen LogP contribution in [0.1, 0.15) is 20.8 Å². The predicted molar refractivity (Wildman–Crippen MR) is 114 cm³/mol. The lowest BCUT2D eigenvalue weighted by Gasteiger charge is -2.41. The molecule has 0 aromatic carbocycles. The molecule has 1 aliphatic heterocycles. The summed E-state index contributed by atoms with van der Waals surface area (Å²) >= 11 is 0. The molecule has 0 unspecified atom stereocenters. The summed E-state index contributed by atoms with van der Waals surface area (Å²) in [6, 6.07) is 0. The topological polar surface area (TPSA) is 69.2 Å². The fraction of sp³-hybridized carbons (Fsp3) is 0.765. The number of morpholine rings is 1. The third kappa shape index (κ3) is 9.41. The largest absolute Gasteiger partial charge is 0.379 e. The van der Waals surface area contributed by atoms with Gasteiger partial charge in [-0.3, -0.25) is 9.69 Å². The van der Waals surface area contributed by atoms with Gasteiger partial charge in [0.25, 0.3) is 0 Å². The molecule has 0 radical (unpaired) electrons. The lowest BCUT2D eigenvalue weighted by Crippen LogP contribution is -2.56. The van der Waals surface area contributed by atoms with Crippen LogP contribution < -0.4 is 10.6 Å². The molecule has 1 aliphatic rings. The van der Waals surface area contributed by atoms with Gasteiger partial charge in [0.1, 0.15) is 6.54 Å². The average molecular weight is 467 g/mol. The summed E-state index contributed by atoms with van der Waals surface area (Å²) in [5.41, 5.74) is 0.983. The van der Waals surface area contributed by atoms with Crippen LogP contribution in [0.25, 0.3) is 0 Å². The van der Waals surface area contributed by atoms with Crippen molar-refractivity contribution in [3.63, 3.8) is 0 Å². The fourth-order valence-electron chi connectivity index (χ4n) is 2.28. The summed E-state index contributed by atoms with van der Waals surface area (Å²) < 4.78 is 5.42. The van der Waals surface area contributed by atoms with Crippen molar-refractivity contribution in [1.29, 1.82) is 0 Å². The van der Waals surface area contributed by atoms with Crippen molar-refractivity contribution in [1.82, 2.24) is 20.4 Å². The Morgan fingerprint density at radius 1 is 1.28 bits per heavy atom. The number of hydrogen-bond acceptors (Lipinski definition) is 4. The van der Waals surface area contributed by atoms with Gasteiger partial charge in [-0.15, -0.1) is 24.0 Å². The van der Waals surface area contributed by atoms with E-state index < -0.39 is 0 Å². The second-order valence-corrected chi connectivity index (χ2v) is 7.03. The molecule has 1 fully saturated rings. The highest BCUT2D eigenvalue weighted by Gasteiger charge is 2.28. The van der Waals surface area contributed by atoms with Crippen LogP contribution in [0.2, 0.25) is 0 Å². The maximum absolute atomic E-state index is 11.8. The lowest BCUT2D eigenvalue weighted by molar-refractivity contribution is -0.127. The summed E-state index contributed by atoms with van der Waals surface area (Å²) in [6.45, 7) is 15.1. The van der Waals surface area contributed by atoms with Gasteiger partial charge >= 0.3 is 0 Å². The summed E-state index contributed by atoms with van der Waals surface area (Å²) in [5, 5.41) is 6.57. The molecule has 0 aromatic rings. The minimum atomic E-state index is -0.0288. The van der Waals surface area contributed by atoms with Crippen LogP contribution >= 0.6 is 24.0 Å². The van der Waals surface area contributed by atoms with Crippen LogP contribution in [-0.2, 0) is 9.53 Å². The van der Waals surface area contributed by atoms with E-state index in [1.165, 1.54) is 4.90 Å². The molecule has 1 amide bonds. The number of likely N-dealkylation sites (N-methyl/N-ethyl adjacent to an activating group) is 1. The van der Waals surface area contributed by atoms with Gasteiger partial charge in [-0.25, -0.2) is 4.99 Å². The smallest absolute Gasteiger partial charge is 0.243 e. The van der Waals surface area contributed by atoms with Gasteiger partial charge in [-0.1, -0.05) is 12.2 Å². The maximum Gasteiger partial charge on any atom is 0.243 e. The van der Waals surface area contributed by atoms with Gasteiger partial charge in [0.05, 0.1) is 13.2 Å². The number of carbonyl (C=O) groups is 1. The summed E-state index contributed by atoms with van der Waals surface area (Å²) in [4.78, 5) is 20.1. The third-order valence-corrected chi connectivity index (χ3v) is 3.98. The Morgan fingerprint density at radius 3 is 2.40 bits per heavy atom. The minimum Gasteiger partial charge on any atom is -0.379 e. The molecule has 0 aromatic heterocycles. The van der Waals surface area contributed by atoms with Crippen molar-refractivity contribution in [3.05, 3.63) is 12.2 Å². The van der Waals surface area contributed by atoms with E-state index in [2.05, 4.69) is 41.0 Å². The van der Waals surface area contributed by atoms with E-state index in [4.69, 9.17) is 4.74 Å². The normalized spacial score (nSPS) is 16.0. The van der Waals surface area contributed by atoms with Gasteiger partial charge in [0.2, 0.25) is 5.91 Å². The zero-order valence-electron chi connectivity index (χ0n) is 16.2. The van der Waals surface area contributed by atoms with Crippen molar-refractivity contribution in [2.75, 3.05) is 60.0 Å². The van der Waals surface area contributed by atoms with Crippen molar-refractivity contribution in [3.8, 4) is 0 Å². The number of ether oxygens (including phenoxy) is 1. The second-order valence-electron chi connectivity index (χ2n) is 7.03. The Hall–Kier alpha value is -0.870. The molecule has 0 aliphatic carbocycles. The number of nitrogens with zero attached hydrogens (tertiary/aromatic N) is 3. The number of hydrogen-bond donors (Lipinski definition) is 2.